The molecule has 112 valence electrons. The molecule has 0 aliphatic carbocycles. The second-order valence-corrected chi connectivity index (χ2v) is 5.31. The van der Waals surface area contributed by atoms with E-state index in [9.17, 15) is 4.79 Å². The Bertz CT molecular complexity index is 223. The molecule has 0 spiro atoms. The molecule has 0 rings (SSSR count). The second kappa shape index (κ2) is 15.3. The maximum Gasteiger partial charge on any atom is 0.243 e. The van der Waals surface area contributed by atoms with Crippen molar-refractivity contribution in [2.24, 2.45) is 0 Å². The van der Waals surface area contributed by atoms with Crippen LogP contribution in [0.4, 0.5) is 0 Å². The van der Waals surface area contributed by atoms with Crippen LogP contribution in [-0.4, -0.2) is 12.5 Å². The molecule has 0 bridgehead atoms. The first-order valence-electron chi connectivity index (χ1n) is 8.25. The maximum atomic E-state index is 11.5. The van der Waals surface area contributed by atoms with Crippen LogP contribution in [0.2, 0.25) is 0 Å². The molecule has 0 atom stereocenters. The molecule has 0 saturated heterocycles. The van der Waals surface area contributed by atoms with Crippen molar-refractivity contribution in [3.63, 3.8) is 0 Å². The summed E-state index contributed by atoms with van der Waals surface area (Å²) in [5, 5.41) is 2.95. The lowest BCUT2D eigenvalue weighted by molar-refractivity contribution is -0.116. The predicted octanol–water partition coefficient (Wildman–Crippen LogP) is 4.99. The summed E-state index contributed by atoms with van der Waals surface area (Å²) in [6.07, 6.45) is 17.4. The fraction of sp³-hybridized carbons (Fsp3) is 0.824. The molecule has 0 aromatic carbocycles. The van der Waals surface area contributed by atoms with Crippen LogP contribution >= 0.6 is 0 Å². The number of carbonyl (C=O) groups is 1. The minimum atomic E-state index is 0.0732. The van der Waals surface area contributed by atoms with Crippen molar-refractivity contribution in [2.45, 2.75) is 84.5 Å². The van der Waals surface area contributed by atoms with Crippen molar-refractivity contribution in [1.29, 1.82) is 0 Å². The van der Waals surface area contributed by atoms with E-state index in [-0.39, 0.29) is 5.91 Å². The van der Waals surface area contributed by atoms with Gasteiger partial charge in [-0.15, -0.1) is 0 Å². The van der Waals surface area contributed by atoms with Crippen molar-refractivity contribution in [1.82, 2.24) is 5.32 Å². The fourth-order valence-electron chi connectivity index (χ4n) is 2.06. The van der Waals surface area contributed by atoms with Crippen LogP contribution < -0.4 is 5.32 Å². The first-order valence-corrected chi connectivity index (χ1v) is 8.25. The lowest BCUT2D eigenvalue weighted by Crippen LogP contribution is -2.21. The Balaban J connectivity index is 3.28. The largest absolute Gasteiger partial charge is 0.353 e. The third-order valence-corrected chi connectivity index (χ3v) is 3.32. The van der Waals surface area contributed by atoms with Crippen molar-refractivity contribution in [3.05, 3.63) is 12.2 Å². The van der Waals surface area contributed by atoms with Gasteiger partial charge in [-0.1, -0.05) is 71.3 Å². The molecule has 0 aliphatic rings. The molecule has 0 radical (unpaired) electrons. The third-order valence-electron chi connectivity index (χ3n) is 3.32. The molecule has 0 saturated carbocycles. The summed E-state index contributed by atoms with van der Waals surface area (Å²) in [6, 6.07) is 0. The summed E-state index contributed by atoms with van der Waals surface area (Å²) in [5.41, 5.74) is 0. The average molecular weight is 267 g/mol. The van der Waals surface area contributed by atoms with Crippen molar-refractivity contribution < 1.29 is 4.79 Å². The number of hydrogen-bond acceptors (Lipinski definition) is 1. The van der Waals surface area contributed by atoms with Crippen LogP contribution in [0.25, 0.3) is 0 Å². The summed E-state index contributed by atoms with van der Waals surface area (Å²) in [5.74, 6) is 0.0732. The summed E-state index contributed by atoms with van der Waals surface area (Å²) in [4.78, 5) is 11.5. The van der Waals surface area contributed by atoms with Crippen LogP contribution in [0.3, 0.4) is 0 Å². The topological polar surface area (TPSA) is 29.1 Å². The zero-order chi connectivity index (χ0) is 14.2. The van der Waals surface area contributed by atoms with Gasteiger partial charge in [-0.25, -0.2) is 0 Å². The van der Waals surface area contributed by atoms with E-state index < -0.39 is 0 Å². The predicted molar refractivity (Wildman–Crippen MR) is 84.3 cm³/mol. The first kappa shape index (κ1) is 18.2. The summed E-state index contributed by atoms with van der Waals surface area (Å²) < 4.78 is 0. The number of allylic oxidation sites excluding steroid dienone is 1. The van der Waals surface area contributed by atoms with Crippen LogP contribution in [0.1, 0.15) is 84.5 Å². The Morgan fingerprint density at radius 2 is 1.42 bits per heavy atom. The van der Waals surface area contributed by atoms with Crippen LogP contribution in [-0.2, 0) is 4.79 Å². The molecule has 0 aliphatic heterocycles. The highest BCUT2D eigenvalue weighted by molar-refractivity contribution is 5.87. The lowest BCUT2D eigenvalue weighted by Gasteiger charge is -2.02. The van der Waals surface area contributed by atoms with E-state index in [2.05, 4.69) is 19.2 Å². The van der Waals surface area contributed by atoms with Crippen molar-refractivity contribution in [3.8, 4) is 0 Å². The normalized spacial score (nSPS) is 11.1. The van der Waals surface area contributed by atoms with Gasteiger partial charge in [-0.05, 0) is 25.3 Å². The van der Waals surface area contributed by atoms with Gasteiger partial charge in [0.05, 0.1) is 0 Å². The van der Waals surface area contributed by atoms with Gasteiger partial charge in [-0.3, -0.25) is 4.79 Å². The molecule has 2 nitrogen and oxygen atoms in total. The SMILES string of the molecule is CCCCCCC/C=C/C(=O)NCCCCCCC. The van der Waals surface area contributed by atoms with Gasteiger partial charge in [0, 0.05) is 6.54 Å². The number of rotatable bonds is 13. The van der Waals surface area contributed by atoms with Gasteiger partial charge in [0.25, 0.3) is 0 Å². The average Bonchev–Trinajstić information content (AvgIpc) is 2.41. The summed E-state index contributed by atoms with van der Waals surface area (Å²) in [7, 11) is 0. The molecule has 2 heteroatoms. The molecule has 0 unspecified atom stereocenters. The minimum Gasteiger partial charge on any atom is -0.353 e. The minimum absolute atomic E-state index is 0.0732. The van der Waals surface area contributed by atoms with Gasteiger partial charge in [-0.2, -0.15) is 0 Å². The highest BCUT2D eigenvalue weighted by atomic mass is 16.1. The fourth-order valence-corrected chi connectivity index (χ4v) is 2.06. The monoisotopic (exact) mass is 267 g/mol. The third kappa shape index (κ3) is 15.2. The van der Waals surface area contributed by atoms with Gasteiger partial charge in [0.2, 0.25) is 5.91 Å². The zero-order valence-electron chi connectivity index (χ0n) is 13.0. The quantitative estimate of drug-likeness (QED) is 0.369. The van der Waals surface area contributed by atoms with Gasteiger partial charge < -0.3 is 5.32 Å². The van der Waals surface area contributed by atoms with Crippen molar-refractivity contribution >= 4 is 5.91 Å². The Morgan fingerprint density at radius 3 is 2.05 bits per heavy atom. The Kier molecular flexibility index (Phi) is 14.6. The van der Waals surface area contributed by atoms with E-state index in [0.717, 1.165) is 19.4 Å². The van der Waals surface area contributed by atoms with E-state index in [1.165, 1.54) is 57.8 Å². The van der Waals surface area contributed by atoms with E-state index in [1.54, 1.807) is 6.08 Å². The Hall–Kier alpha value is -0.790. The first-order chi connectivity index (χ1) is 9.31. The van der Waals surface area contributed by atoms with E-state index >= 15 is 0 Å². The summed E-state index contributed by atoms with van der Waals surface area (Å²) in [6.45, 7) is 5.27. The standard InChI is InChI=1S/C17H33NO/c1-3-5-7-9-10-11-13-15-17(19)18-16-14-12-8-6-4-2/h13,15H,3-12,14,16H2,1-2H3,(H,18,19)/b15-13+. The molecule has 0 fully saturated rings. The number of unbranched alkanes of at least 4 members (excludes halogenated alkanes) is 9. The van der Waals surface area contributed by atoms with Gasteiger partial charge in [0.15, 0.2) is 0 Å². The molecule has 0 heterocycles. The van der Waals surface area contributed by atoms with Gasteiger partial charge >= 0.3 is 0 Å². The number of nitrogens with one attached hydrogen (secondary N) is 1. The van der Waals surface area contributed by atoms with Crippen LogP contribution in [0.5, 0.6) is 0 Å². The molecular formula is C17H33NO. The van der Waals surface area contributed by atoms with Crippen LogP contribution in [0.15, 0.2) is 12.2 Å². The maximum absolute atomic E-state index is 11.5. The van der Waals surface area contributed by atoms with E-state index in [1.807, 2.05) is 6.08 Å². The Labute approximate surface area is 120 Å². The molecule has 0 aromatic rings. The molecule has 19 heavy (non-hydrogen) atoms. The molecule has 1 N–H and O–H groups in total. The lowest BCUT2D eigenvalue weighted by atomic mass is 10.1. The van der Waals surface area contributed by atoms with Crippen molar-refractivity contribution in [2.75, 3.05) is 6.54 Å². The molecule has 0 aromatic heterocycles. The summed E-state index contributed by atoms with van der Waals surface area (Å²) >= 11 is 0. The number of amides is 1. The number of hydrogen-bond donors (Lipinski definition) is 1. The smallest absolute Gasteiger partial charge is 0.243 e. The van der Waals surface area contributed by atoms with Crippen LogP contribution in [0, 0.1) is 0 Å². The molecular weight excluding hydrogens is 234 g/mol. The van der Waals surface area contributed by atoms with E-state index in [0.29, 0.717) is 0 Å². The highest BCUT2D eigenvalue weighted by Crippen LogP contribution is 2.05. The second-order valence-electron chi connectivity index (χ2n) is 5.31. The van der Waals surface area contributed by atoms with Gasteiger partial charge in [0.1, 0.15) is 0 Å². The zero-order valence-corrected chi connectivity index (χ0v) is 13.0. The highest BCUT2D eigenvalue weighted by Gasteiger charge is 1.94. The number of carbonyl (C=O) groups excluding carboxylic acids is 1. The van der Waals surface area contributed by atoms with E-state index in [4.69, 9.17) is 0 Å². The Morgan fingerprint density at radius 1 is 0.842 bits per heavy atom. The molecule has 1 amide bonds.